The maximum Gasteiger partial charge on any atom is 0.235 e. The lowest BCUT2D eigenvalue weighted by Crippen LogP contribution is -2.52. The molecule has 1 saturated carbocycles. The van der Waals surface area contributed by atoms with Crippen LogP contribution in [0.15, 0.2) is 24.3 Å². The van der Waals surface area contributed by atoms with Crippen LogP contribution in [0.4, 0.5) is 4.39 Å². The van der Waals surface area contributed by atoms with Gasteiger partial charge in [0.05, 0.1) is 12.6 Å². The summed E-state index contributed by atoms with van der Waals surface area (Å²) in [5.74, 6) is 0.336. The Balaban J connectivity index is 1.43. The number of halogens is 1. The summed E-state index contributed by atoms with van der Waals surface area (Å²) in [7, 11) is 0. The zero-order valence-corrected chi connectivity index (χ0v) is 15.3. The van der Waals surface area contributed by atoms with Gasteiger partial charge in [-0.25, -0.2) is 4.39 Å². The molecular formula is C21H28FN3O. The maximum absolute atomic E-state index is 13.3. The highest BCUT2D eigenvalue weighted by Crippen LogP contribution is 2.27. The molecule has 0 bridgehead atoms. The van der Waals surface area contributed by atoms with Crippen LogP contribution in [0.5, 0.6) is 0 Å². The highest BCUT2D eigenvalue weighted by Gasteiger charge is 2.34. The smallest absolute Gasteiger partial charge is 0.235 e. The number of likely N-dealkylation sites (tertiary alicyclic amines) is 1. The van der Waals surface area contributed by atoms with Gasteiger partial charge in [0.25, 0.3) is 0 Å². The third-order valence-corrected chi connectivity index (χ3v) is 5.79. The van der Waals surface area contributed by atoms with E-state index in [0.717, 1.165) is 70.0 Å². The Morgan fingerprint density at radius 1 is 1.27 bits per heavy atom. The third kappa shape index (κ3) is 5.04. The van der Waals surface area contributed by atoms with Crippen molar-refractivity contribution in [3.63, 3.8) is 0 Å². The van der Waals surface area contributed by atoms with E-state index in [9.17, 15) is 14.4 Å². The molecule has 0 aromatic heterocycles. The van der Waals surface area contributed by atoms with Crippen LogP contribution in [0, 0.1) is 23.1 Å². The van der Waals surface area contributed by atoms with Gasteiger partial charge in [-0.1, -0.05) is 31.4 Å². The van der Waals surface area contributed by atoms with Crippen LogP contribution < -0.4 is 5.32 Å². The van der Waals surface area contributed by atoms with E-state index in [4.69, 9.17) is 0 Å². The first-order chi connectivity index (χ1) is 12.6. The minimum atomic E-state index is -0.648. The van der Waals surface area contributed by atoms with Gasteiger partial charge in [0.1, 0.15) is 11.4 Å². The van der Waals surface area contributed by atoms with Crippen LogP contribution in [0.25, 0.3) is 0 Å². The molecule has 0 atom stereocenters. The van der Waals surface area contributed by atoms with E-state index in [1.165, 1.54) is 6.07 Å². The SMILES string of the molecule is N#CC1(NC(=O)CN2CCC(Cc3cccc(F)c3)CC2)CCCCC1. The number of hydrogen-bond donors (Lipinski definition) is 1. The second-order valence-electron chi connectivity index (χ2n) is 7.86. The fourth-order valence-electron chi connectivity index (χ4n) is 4.28. The average molecular weight is 357 g/mol. The highest BCUT2D eigenvalue weighted by atomic mass is 19.1. The van der Waals surface area contributed by atoms with Crippen molar-refractivity contribution in [2.45, 2.75) is 56.9 Å². The normalized spacial score (nSPS) is 21.1. The third-order valence-electron chi connectivity index (χ3n) is 5.79. The monoisotopic (exact) mass is 357 g/mol. The molecule has 1 aromatic carbocycles. The summed E-state index contributed by atoms with van der Waals surface area (Å²) in [6.07, 6.45) is 7.66. The summed E-state index contributed by atoms with van der Waals surface area (Å²) in [4.78, 5) is 14.6. The molecule has 1 amide bonds. The van der Waals surface area contributed by atoms with E-state index >= 15 is 0 Å². The van der Waals surface area contributed by atoms with Crippen molar-refractivity contribution in [3.8, 4) is 6.07 Å². The molecular weight excluding hydrogens is 329 g/mol. The fourth-order valence-corrected chi connectivity index (χ4v) is 4.28. The predicted octanol–water partition coefficient (Wildman–Crippen LogP) is 3.42. The molecule has 1 N–H and O–H groups in total. The molecule has 0 spiro atoms. The van der Waals surface area contributed by atoms with Gasteiger partial charge >= 0.3 is 0 Å². The van der Waals surface area contributed by atoms with Crippen molar-refractivity contribution in [2.24, 2.45) is 5.92 Å². The van der Waals surface area contributed by atoms with Crippen molar-refractivity contribution in [1.29, 1.82) is 5.26 Å². The van der Waals surface area contributed by atoms with Crippen molar-refractivity contribution in [1.82, 2.24) is 10.2 Å². The lowest BCUT2D eigenvalue weighted by atomic mass is 9.83. The first-order valence-corrected chi connectivity index (χ1v) is 9.78. The quantitative estimate of drug-likeness (QED) is 0.878. The second kappa shape index (κ2) is 8.64. The molecule has 26 heavy (non-hydrogen) atoms. The standard InChI is InChI=1S/C21H28FN3O/c22-19-6-4-5-18(14-19)13-17-7-11-25(12-8-17)15-20(26)24-21(16-23)9-2-1-3-10-21/h4-6,14,17H,1-3,7-13,15H2,(H,24,26). The van der Waals surface area contributed by atoms with E-state index in [0.29, 0.717) is 12.5 Å². The van der Waals surface area contributed by atoms with Crippen LogP contribution in [0.2, 0.25) is 0 Å². The largest absolute Gasteiger partial charge is 0.337 e. The molecule has 0 radical (unpaired) electrons. The van der Waals surface area contributed by atoms with E-state index in [-0.39, 0.29) is 11.7 Å². The van der Waals surface area contributed by atoms with Crippen molar-refractivity contribution in [3.05, 3.63) is 35.6 Å². The van der Waals surface area contributed by atoms with E-state index in [1.54, 1.807) is 12.1 Å². The number of carbonyl (C=O) groups is 1. The molecule has 1 aromatic rings. The van der Waals surface area contributed by atoms with Crippen LogP contribution in [-0.2, 0) is 11.2 Å². The number of amides is 1. The Bertz CT molecular complexity index is 655. The summed E-state index contributed by atoms with van der Waals surface area (Å²) >= 11 is 0. The molecule has 4 nitrogen and oxygen atoms in total. The van der Waals surface area contributed by atoms with Gasteiger partial charge in [-0.05, 0) is 68.8 Å². The second-order valence-corrected chi connectivity index (χ2v) is 7.86. The number of rotatable bonds is 5. The summed E-state index contributed by atoms with van der Waals surface area (Å²) in [5, 5.41) is 12.5. The molecule has 3 rings (SSSR count). The number of nitrogens with one attached hydrogen (secondary N) is 1. The minimum absolute atomic E-state index is 0.0305. The van der Waals surface area contributed by atoms with Crippen LogP contribution in [0.3, 0.4) is 0 Å². The van der Waals surface area contributed by atoms with Crippen LogP contribution in [0.1, 0.15) is 50.5 Å². The number of nitriles is 1. The minimum Gasteiger partial charge on any atom is -0.337 e. The van der Waals surface area contributed by atoms with Crippen LogP contribution in [-0.4, -0.2) is 36.0 Å². The molecule has 5 heteroatoms. The topological polar surface area (TPSA) is 56.1 Å². The zero-order valence-electron chi connectivity index (χ0n) is 15.3. The number of benzene rings is 1. The Hall–Kier alpha value is -1.93. The Morgan fingerprint density at radius 3 is 2.65 bits per heavy atom. The summed E-state index contributed by atoms with van der Waals surface area (Å²) in [6, 6.07) is 9.18. The number of hydrogen-bond acceptors (Lipinski definition) is 3. The summed E-state index contributed by atoms with van der Waals surface area (Å²) < 4.78 is 13.3. The van der Waals surface area contributed by atoms with E-state index in [2.05, 4.69) is 16.3 Å². The first kappa shape index (κ1) is 18.8. The van der Waals surface area contributed by atoms with Gasteiger partial charge < -0.3 is 5.32 Å². The zero-order chi connectivity index (χ0) is 18.4. The molecule has 1 aliphatic carbocycles. The predicted molar refractivity (Wildman–Crippen MR) is 98.8 cm³/mol. The summed E-state index contributed by atoms with van der Waals surface area (Å²) in [6.45, 7) is 2.13. The van der Waals surface area contributed by atoms with Gasteiger partial charge in [0, 0.05) is 0 Å². The van der Waals surface area contributed by atoms with Crippen molar-refractivity contribution >= 4 is 5.91 Å². The van der Waals surface area contributed by atoms with E-state index < -0.39 is 5.54 Å². The van der Waals surface area contributed by atoms with Gasteiger partial charge in [-0.2, -0.15) is 5.26 Å². The van der Waals surface area contributed by atoms with Crippen molar-refractivity contribution < 1.29 is 9.18 Å². The fraction of sp³-hybridized carbons (Fsp3) is 0.619. The van der Waals surface area contributed by atoms with Gasteiger partial charge in [-0.3, -0.25) is 9.69 Å². The molecule has 2 fully saturated rings. The average Bonchev–Trinajstić information content (AvgIpc) is 2.64. The molecule has 2 aliphatic rings. The Kier molecular flexibility index (Phi) is 6.26. The number of carbonyl (C=O) groups excluding carboxylic acids is 1. The number of nitrogens with zero attached hydrogens (tertiary/aromatic N) is 2. The lowest BCUT2D eigenvalue weighted by molar-refractivity contribution is -0.124. The molecule has 1 saturated heterocycles. The van der Waals surface area contributed by atoms with Gasteiger partial charge in [0.2, 0.25) is 5.91 Å². The van der Waals surface area contributed by atoms with Gasteiger partial charge in [0.15, 0.2) is 0 Å². The summed E-state index contributed by atoms with van der Waals surface area (Å²) in [5.41, 5.74) is 0.403. The molecule has 0 unspecified atom stereocenters. The molecule has 140 valence electrons. The Morgan fingerprint density at radius 2 is 2.00 bits per heavy atom. The first-order valence-electron chi connectivity index (χ1n) is 9.78. The van der Waals surface area contributed by atoms with Gasteiger partial charge in [-0.15, -0.1) is 0 Å². The molecule has 1 aliphatic heterocycles. The Labute approximate surface area is 155 Å². The van der Waals surface area contributed by atoms with Crippen LogP contribution >= 0.6 is 0 Å². The van der Waals surface area contributed by atoms with Crippen molar-refractivity contribution in [2.75, 3.05) is 19.6 Å². The maximum atomic E-state index is 13.3. The van der Waals surface area contributed by atoms with E-state index in [1.807, 2.05) is 6.07 Å². The molecule has 1 heterocycles. The highest BCUT2D eigenvalue weighted by molar-refractivity contribution is 5.79. The lowest BCUT2D eigenvalue weighted by Gasteiger charge is -2.34. The number of piperidine rings is 1.